The minimum absolute atomic E-state index is 0.0166. The summed E-state index contributed by atoms with van der Waals surface area (Å²) in [4.78, 5) is 0. The Kier molecular flexibility index (Phi) is 11.6. The standard InChI is InChI=1S/C11H15F3N2O2.C5H8S.C2H6/c1-6-2-3-7(5-15-6)9-4-8(16-18-9)10(17)11(12,13)14;1-5(2)3-4-6;1-2/h4,6-7,10,15,17H,2-3,5H2,1H3;3-4,6H,1H2,2H3;1-2H3/b;4-3-;/t6-,7?,10?;;/m1../s1. The summed E-state index contributed by atoms with van der Waals surface area (Å²) in [6, 6.07) is 1.60. The van der Waals surface area contributed by atoms with Crippen LogP contribution in [0.4, 0.5) is 13.2 Å². The van der Waals surface area contributed by atoms with Crippen LogP contribution in [0.25, 0.3) is 0 Å². The van der Waals surface area contributed by atoms with Crippen molar-refractivity contribution in [3.05, 3.63) is 41.2 Å². The van der Waals surface area contributed by atoms with Crippen LogP contribution < -0.4 is 5.32 Å². The van der Waals surface area contributed by atoms with Gasteiger partial charge in [0.1, 0.15) is 11.5 Å². The molecule has 3 atom stereocenters. The predicted molar refractivity (Wildman–Crippen MR) is 101 cm³/mol. The molecule has 2 rings (SSSR count). The van der Waals surface area contributed by atoms with Crippen molar-refractivity contribution in [2.45, 2.75) is 64.8 Å². The van der Waals surface area contributed by atoms with E-state index in [0.29, 0.717) is 18.3 Å². The lowest BCUT2D eigenvalue weighted by Gasteiger charge is -2.25. The number of nitrogens with zero attached hydrogens (tertiary/aromatic N) is 1. The Morgan fingerprint density at radius 2 is 2.08 bits per heavy atom. The molecule has 1 aliphatic heterocycles. The fraction of sp³-hybridized carbons (Fsp3) is 0.611. The molecule has 150 valence electrons. The van der Waals surface area contributed by atoms with E-state index in [1.807, 2.05) is 26.8 Å². The van der Waals surface area contributed by atoms with Crippen LogP contribution in [0.15, 0.2) is 34.2 Å². The quantitative estimate of drug-likeness (QED) is 0.490. The molecule has 0 amide bonds. The van der Waals surface area contributed by atoms with Gasteiger partial charge in [-0.3, -0.25) is 0 Å². The minimum Gasteiger partial charge on any atom is -0.378 e. The molecule has 1 aromatic heterocycles. The van der Waals surface area contributed by atoms with Gasteiger partial charge in [-0.1, -0.05) is 37.2 Å². The lowest BCUT2D eigenvalue weighted by atomic mass is 9.93. The first-order valence-corrected chi connectivity index (χ1v) is 9.07. The van der Waals surface area contributed by atoms with E-state index < -0.39 is 18.0 Å². The zero-order valence-corrected chi connectivity index (χ0v) is 16.6. The molecule has 2 N–H and O–H groups in total. The minimum atomic E-state index is -4.71. The molecule has 1 aliphatic rings. The van der Waals surface area contributed by atoms with E-state index in [1.54, 1.807) is 5.41 Å². The molecule has 1 saturated heterocycles. The van der Waals surface area contributed by atoms with Gasteiger partial charge in [0.05, 0.1) is 0 Å². The van der Waals surface area contributed by atoms with Gasteiger partial charge in [-0.15, -0.1) is 0 Å². The van der Waals surface area contributed by atoms with Crippen molar-refractivity contribution in [1.82, 2.24) is 10.5 Å². The first-order chi connectivity index (χ1) is 12.1. The number of hydrogen-bond acceptors (Lipinski definition) is 5. The normalized spacial score (nSPS) is 21.3. The lowest BCUT2D eigenvalue weighted by molar-refractivity contribution is -0.208. The first kappa shape index (κ1) is 24.8. The van der Waals surface area contributed by atoms with Crippen molar-refractivity contribution in [2.75, 3.05) is 6.54 Å². The molecular weight excluding hydrogens is 365 g/mol. The van der Waals surface area contributed by atoms with Crippen LogP contribution in [0.3, 0.4) is 0 Å². The number of hydrogen-bond donors (Lipinski definition) is 3. The molecule has 0 radical (unpaired) electrons. The van der Waals surface area contributed by atoms with Gasteiger partial charge in [-0.2, -0.15) is 25.8 Å². The number of piperidine rings is 1. The van der Waals surface area contributed by atoms with E-state index in [4.69, 9.17) is 9.63 Å². The molecule has 26 heavy (non-hydrogen) atoms. The summed E-state index contributed by atoms with van der Waals surface area (Å²) in [5.74, 6) is 0.413. The fourth-order valence-corrected chi connectivity index (χ4v) is 2.42. The summed E-state index contributed by atoms with van der Waals surface area (Å²) in [7, 11) is 0. The summed E-state index contributed by atoms with van der Waals surface area (Å²) >= 11 is 3.82. The second kappa shape index (κ2) is 12.2. The number of aromatic nitrogens is 1. The Bertz CT molecular complexity index is 551. The molecule has 2 unspecified atom stereocenters. The van der Waals surface area contributed by atoms with Gasteiger partial charge >= 0.3 is 6.18 Å². The van der Waals surface area contributed by atoms with Crippen LogP contribution in [0.5, 0.6) is 0 Å². The van der Waals surface area contributed by atoms with Gasteiger partial charge in [0.15, 0.2) is 6.10 Å². The first-order valence-electron chi connectivity index (χ1n) is 8.56. The number of alkyl halides is 3. The van der Waals surface area contributed by atoms with Crippen molar-refractivity contribution < 1.29 is 22.8 Å². The topological polar surface area (TPSA) is 58.3 Å². The maximum absolute atomic E-state index is 12.3. The third-order valence-electron chi connectivity index (χ3n) is 3.56. The van der Waals surface area contributed by atoms with Crippen molar-refractivity contribution in [3.8, 4) is 0 Å². The van der Waals surface area contributed by atoms with Crippen LogP contribution in [0.2, 0.25) is 0 Å². The van der Waals surface area contributed by atoms with Gasteiger partial charge < -0.3 is 14.9 Å². The van der Waals surface area contributed by atoms with Crippen molar-refractivity contribution in [1.29, 1.82) is 0 Å². The van der Waals surface area contributed by atoms with Crippen LogP contribution >= 0.6 is 12.6 Å². The highest BCUT2D eigenvalue weighted by molar-refractivity contribution is 7.83. The molecule has 0 saturated carbocycles. The van der Waals surface area contributed by atoms with Crippen LogP contribution in [0, 0.1) is 0 Å². The number of nitrogens with one attached hydrogen (secondary N) is 1. The summed E-state index contributed by atoms with van der Waals surface area (Å²) in [6.45, 7) is 12.2. The summed E-state index contributed by atoms with van der Waals surface area (Å²) in [5, 5.41) is 17.2. The highest BCUT2D eigenvalue weighted by atomic mass is 32.1. The van der Waals surface area contributed by atoms with Gasteiger partial charge in [0.2, 0.25) is 0 Å². The predicted octanol–water partition coefficient (Wildman–Crippen LogP) is 5.16. The van der Waals surface area contributed by atoms with Crippen molar-refractivity contribution in [3.63, 3.8) is 0 Å². The van der Waals surface area contributed by atoms with Crippen LogP contribution in [-0.4, -0.2) is 29.0 Å². The maximum atomic E-state index is 12.3. The van der Waals surface area contributed by atoms with E-state index in [1.165, 1.54) is 6.07 Å². The van der Waals surface area contributed by atoms with E-state index in [-0.39, 0.29) is 5.92 Å². The Hall–Kier alpha value is -1.25. The molecule has 0 aromatic carbocycles. The van der Waals surface area contributed by atoms with Gasteiger partial charge in [0, 0.05) is 24.6 Å². The number of thiol groups is 1. The van der Waals surface area contributed by atoms with E-state index in [0.717, 1.165) is 18.4 Å². The van der Waals surface area contributed by atoms with Crippen molar-refractivity contribution in [2.24, 2.45) is 0 Å². The maximum Gasteiger partial charge on any atom is 0.420 e. The highest BCUT2D eigenvalue weighted by Gasteiger charge is 2.41. The summed E-state index contributed by atoms with van der Waals surface area (Å²) in [6.07, 6.45) is -3.69. The largest absolute Gasteiger partial charge is 0.420 e. The second-order valence-corrected chi connectivity index (χ2v) is 6.14. The second-order valence-electron chi connectivity index (χ2n) is 5.84. The van der Waals surface area contributed by atoms with E-state index in [2.05, 4.69) is 36.6 Å². The molecular formula is C18H29F3N2O2S. The molecule has 4 nitrogen and oxygen atoms in total. The average Bonchev–Trinajstić information content (AvgIpc) is 3.06. The zero-order chi connectivity index (χ0) is 20.3. The summed E-state index contributed by atoms with van der Waals surface area (Å²) in [5.41, 5.74) is 0.557. The van der Waals surface area contributed by atoms with Gasteiger partial charge in [-0.05, 0) is 32.1 Å². The molecule has 0 aliphatic carbocycles. The molecule has 8 heteroatoms. The third-order valence-corrected chi connectivity index (χ3v) is 3.71. The Balaban J connectivity index is 0.000000667. The van der Waals surface area contributed by atoms with E-state index in [9.17, 15) is 13.2 Å². The third kappa shape index (κ3) is 8.91. The monoisotopic (exact) mass is 394 g/mol. The number of halogens is 3. The smallest absolute Gasteiger partial charge is 0.378 e. The van der Waals surface area contributed by atoms with Crippen LogP contribution in [-0.2, 0) is 0 Å². The Morgan fingerprint density at radius 3 is 2.46 bits per heavy atom. The fourth-order valence-electron chi connectivity index (χ4n) is 2.16. The van der Waals surface area contributed by atoms with Gasteiger partial charge in [-0.25, -0.2) is 0 Å². The molecule has 1 fully saturated rings. The zero-order valence-electron chi connectivity index (χ0n) is 15.7. The Labute approximate surface area is 158 Å². The summed E-state index contributed by atoms with van der Waals surface area (Å²) < 4.78 is 41.8. The molecule has 0 bridgehead atoms. The number of allylic oxidation sites excluding steroid dienone is 2. The number of aliphatic hydroxyl groups is 1. The lowest BCUT2D eigenvalue weighted by Crippen LogP contribution is -2.35. The SMILES string of the molecule is C=C(C)/C=C\S.CC.C[C@@H]1CCC(c2cc(C(O)C(F)(F)F)no2)CN1. The van der Waals surface area contributed by atoms with Gasteiger partial charge in [0.25, 0.3) is 0 Å². The molecule has 1 aromatic rings. The number of rotatable bonds is 3. The van der Waals surface area contributed by atoms with Crippen molar-refractivity contribution >= 4 is 12.6 Å². The highest BCUT2D eigenvalue weighted by Crippen LogP contribution is 2.34. The average molecular weight is 395 g/mol. The van der Waals surface area contributed by atoms with E-state index >= 15 is 0 Å². The van der Waals surface area contributed by atoms with Crippen LogP contribution in [0.1, 0.15) is 64.0 Å². The Morgan fingerprint density at radius 1 is 1.46 bits per heavy atom. The molecule has 2 heterocycles. The molecule has 0 spiro atoms. The number of aliphatic hydroxyl groups excluding tert-OH is 1.